The molecular weight excluding hydrogens is 128 g/mol. The molecule has 0 radical (unpaired) electrons. The van der Waals surface area contributed by atoms with E-state index in [9.17, 15) is 0 Å². The van der Waals surface area contributed by atoms with Gasteiger partial charge in [-0.1, -0.05) is 17.6 Å². The summed E-state index contributed by atoms with van der Waals surface area (Å²) in [4.78, 5) is 0. The van der Waals surface area contributed by atoms with E-state index < -0.39 is 0 Å². The summed E-state index contributed by atoms with van der Waals surface area (Å²) >= 11 is 5.57. The second-order valence-corrected chi connectivity index (χ2v) is 2.92. The zero-order chi connectivity index (χ0) is 5.70. The molecule has 0 aliphatic rings. The molecule has 0 spiro atoms. The molecule has 0 aliphatic carbocycles. The minimum Gasteiger partial charge on any atom is -0.366 e. The topological polar surface area (TPSA) is 9.23 Å². The van der Waals surface area contributed by atoms with Gasteiger partial charge < -0.3 is 4.74 Å². The van der Waals surface area contributed by atoms with Crippen molar-refractivity contribution in [2.45, 2.75) is 18.0 Å². The molecule has 0 amide bonds. The van der Waals surface area contributed by atoms with Crippen LogP contribution in [0, 0.1) is 0 Å². The second-order valence-electron chi connectivity index (χ2n) is 1.43. The maximum absolute atomic E-state index is 5.57. The molecular formula is C4H11ClOSi. The van der Waals surface area contributed by atoms with E-state index in [0.717, 1.165) is 6.42 Å². The van der Waals surface area contributed by atoms with Crippen LogP contribution in [0.4, 0.5) is 0 Å². The van der Waals surface area contributed by atoms with Crippen molar-refractivity contribution >= 4 is 21.8 Å². The molecule has 44 valence electrons. The molecule has 0 aromatic carbocycles. The van der Waals surface area contributed by atoms with Crippen LogP contribution in [0.25, 0.3) is 0 Å². The Hall–Kier alpha value is 0.467. The van der Waals surface area contributed by atoms with Gasteiger partial charge in [0, 0.05) is 17.4 Å². The Morgan fingerprint density at radius 2 is 2.43 bits per heavy atom. The van der Waals surface area contributed by atoms with E-state index in [2.05, 4.69) is 0 Å². The number of ether oxygens (including phenoxy) is 1. The maximum atomic E-state index is 5.57. The van der Waals surface area contributed by atoms with Crippen molar-refractivity contribution in [1.82, 2.24) is 0 Å². The average molecular weight is 139 g/mol. The molecule has 0 aromatic rings. The second kappa shape index (κ2) is 4.62. The highest BCUT2D eigenvalue weighted by atomic mass is 35.5. The summed E-state index contributed by atoms with van der Waals surface area (Å²) in [5.41, 5.74) is -0.0440. The third kappa shape index (κ3) is 4.32. The van der Waals surface area contributed by atoms with Crippen LogP contribution in [0.5, 0.6) is 0 Å². The Morgan fingerprint density at radius 3 is 2.57 bits per heavy atom. The van der Waals surface area contributed by atoms with Crippen molar-refractivity contribution in [3.8, 4) is 0 Å². The summed E-state index contributed by atoms with van der Waals surface area (Å²) in [5.74, 6) is 0. The van der Waals surface area contributed by atoms with Gasteiger partial charge in [0.1, 0.15) is 5.56 Å². The van der Waals surface area contributed by atoms with Crippen molar-refractivity contribution in [2.75, 3.05) is 7.11 Å². The molecule has 0 fully saturated rings. The number of alkyl halides is 1. The fourth-order valence-electron chi connectivity index (χ4n) is 0.345. The van der Waals surface area contributed by atoms with Crippen LogP contribution in [0.2, 0.25) is 6.04 Å². The van der Waals surface area contributed by atoms with E-state index in [0.29, 0.717) is 0 Å². The molecule has 0 bridgehead atoms. The first kappa shape index (κ1) is 7.47. The van der Waals surface area contributed by atoms with Crippen molar-refractivity contribution in [2.24, 2.45) is 0 Å². The van der Waals surface area contributed by atoms with Crippen LogP contribution in [0.1, 0.15) is 6.42 Å². The highest BCUT2D eigenvalue weighted by Crippen LogP contribution is 2.02. The van der Waals surface area contributed by atoms with Crippen LogP contribution in [0.3, 0.4) is 0 Å². The van der Waals surface area contributed by atoms with Crippen molar-refractivity contribution in [3.63, 3.8) is 0 Å². The Kier molecular flexibility index (Phi) is 4.93. The summed E-state index contributed by atoms with van der Waals surface area (Å²) in [6.45, 7) is 0. The molecule has 7 heavy (non-hydrogen) atoms. The number of hydrogen-bond acceptors (Lipinski definition) is 1. The van der Waals surface area contributed by atoms with E-state index >= 15 is 0 Å². The molecule has 0 heterocycles. The van der Waals surface area contributed by atoms with Gasteiger partial charge in [-0.3, -0.25) is 0 Å². The first-order valence-electron chi connectivity index (χ1n) is 2.48. The van der Waals surface area contributed by atoms with Gasteiger partial charge in [-0.2, -0.15) is 0 Å². The van der Waals surface area contributed by atoms with Gasteiger partial charge in [0.05, 0.1) is 0 Å². The number of methoxy groups -OCH3 is 1. The number of hydrogen-bond donors (Lipinski definition) is 0. The highest BCUT2D eigenvalue weighted by Gasteiger charge is 1.95. The molecule has 3 heteroatoms. The predicted molar refractivity (Wildman–Crippen MR) is 36.0 cm³/mol. The first-order valence-corrected chi connectivity index (χ1v) is 4.33. The van der Waals surface area contributed by atoms with Gasteiger partial charge in [0.15, 0.2) is 0 Å². The quantitative estimate of drug-likeness (QED) is 0.405. The molecule has 1 nitrogen and oxygen atoms in total. The molecule has 0 saturated heterocycles. The van der Waals surface area contributed by atoms with Gasteiger partial charge in [0.25, 0.3) is 0 Å². The van der Waals surface area contributed by atoms with Crippen molar-refractivity contribution < 1.29 is 4.74 Å². The minimum atomic E-state index is -0.0440. The van der Waals surface area contributed by atoms with E-state index in [-0.39, 0.29) is 5.56 Å². The maximum Gasteiger partial charge on any atom is 0.130 e. The summed E-state index contributed by atoms with van der Waals surface area (Å²) in [5, 5.41) is 0. The van der Waals surface area contributed by atoms with Crippen LogP contribution < -0.4 is 0 Å². The molecule has 0 aliphatic heterocycles. The first-order chi connectivity index (χ1) is 3.31. The van der Waals surface area contributed by atoms with Gasteiger partial charge >= 0.3 is 0 Å². The fourth-order valence-corrected chi connectivity index (χ4v) is 1.45. The molecule has 0 N–H and O–H groups in total. The third-order valence-corrected chi connectivity index (χ3v) is 1.75. The normalized spacial score (nSPS) is 14.6. The molecule has 0 rings (SSSR count). The lowest BCUT2D eigenvalue weighted by atomic mass is 10.5. The Labute approximate surface area is 52.4 Å². The van der Waals surface area contributed by atoms with Gasteiger partial charge in [-0.25, -0.2) is 0 Å². The lowest BCUT2D eigenvalue weighted by Crippen LogP contribution is -1.98. The van der Waals surface area contributed by atoms with Gasteiger partial charge in [-0.05, 0) is 6.42 Å². The molecule has 0 saturated carbocycles. The van der Waals surface area contributed by atoms with Gasteiger partial charge in [0.2, 0.25) is 0 Å². The average Bonchev–Trinajstić information content (AvgIpc) is 1.68. The summed E-state index contributed by atoms with van der Waals surface area (Å²) in [6.07, 6.45) is 1.00. The van der Waals surface area contributed by atoms with E-state index in [1.165, 1.54) is 16.3 Å². The van der Waals surface area contributed by atoms with E-state index in [1.807, 2.05) is 0 Å². The summed E-state index contributed by atoms with van der Waals surface area (Å²) in [7, 11) is 2.86. The van der Waals surface area contributed by atoms with Gasteiger partial charge in [-0.15, -0.1) is 0 Å². The smallest absolute Gasteiger partial charge is 0.130 e. The highest BCUT2D eigenvalue weighted by molar-refractivity contribution is 6.20. The fraction of sp³-hybridized carbons (Fsp3) is 1.00. The monoisotopic (exact) mass is 138 g/mol. The zero-order valence-corrected chi connectivity index (χ0v) is 7.53. The molecule has 1 unspecified atom stereocenters. The summed E-state index contributed by atoms with van der Waals surface area (Å²) < 4.78 is 4.78. The molecule has 0 aromatic heterocycles. The zero-order valence-electron chi connectivity index (χ0n) is 4.78. The lowest BCUT2D eigenvalue weighted by molar-refractivity contribution is 0.164. The van der Waals surface area contributed by atoms with Crippen molar-refractivity contribution in [3.05, 3.63) is 0 Å². The Balaban J connectivity index is 2.83. The predicted octanol–water partition coefficient (Wildman–Crippen LogP) is 0.371. The minimum absolute atomic E-state index is 0.0440. The number of halogens is 1. The number of rotatable bonds is 3. The van der Waals surface area contributed by atoms with Crippen LogP contribution >= 0.6 is 11.6 Å². The third-order valence-electron chi connectivity index (χ3n) is 0.771. The van der Waals surface area contributed by atoms with Crippen molar-refractivity contribution in [1.29, 1.82) is 0 Å². The van der Waals surface area contributed by atoms with Crippen LogP contribution in [0.15, 0.2) is 0 Å². The Bertz CT molecular complexity index is 42.7. The van der Waals surface area contributed by atoms with E-state index in [1.54, 1.807) is 7.11 Å². The summed E-state index contributed by atoms with van der Waals surface area (Å²) in [6, 6.07) is 1.22. The van der Waals surface area contributed by atoms with Crippen LogP contribution in [-0.4, -0.2) is 22.9 Å². The van der Waals surface area contributed by atoms with Crippen LogP contribution in [-0.2, 0) is 4.74 Å². The SMILES string of the molecule is COC(Cl)CC[SiH3]. The largest absolute Gasteiger partial charge is 0.366 e. The Morgan fingerprint density at radius 1 is 1.86 bits per heavy atom. The lowest BCUT2D eigenvalue weighted by Gasteiger charge is -2.01. The van der Waals surface area contributed by atoms with E-state index in [4.69, 9.17) is 16.3 Å². The standard InChI is InChI=1S/C4H11ClOSi/c1-6-4(5)2-3-7/h4H,2-3H2,1,7H3. The molecule has 1 atom stereocenters.